The third-order valence-electron chi connectivity index (χ3n) is 5.67. The maximum atomic E-state index is 13.2. The van der Waals surface area contributed by atoms with Crippen molar-refractivity contribution in [3.8, 4) is 5.75 Å². The lowest BCUT2D eigenvalue weighted by molar-refractivity contribution is 0.0859. The molecule has 2 aromatic heterocycles. The zero-order chi connectivity index (χ0) is 22.8. The van der Waals surface area contributed by atoms with Gasteiger partial charge in [0.15, 0.2) is 5.65 Å². The first-order valence-corrected chi connectivity index (χ1v) is 10.8. The quantitative estimate of drug-likeness (QED) is 0.442. The first-order chi connectivity index (χ1) is 16.2. The van der Waals surface area contributed by atoms with E-state index in [1.807, 2.05) is 48.5 Å². The number of fused-ring (bicyclic) bond motifs is 2. The van der Waals surface area contributed by atoms with Crippen LogP contribution in [0.2, 0.25) is 0 Å². The molecule has 0 spiro atoms. The second-order valence-electron chi connectivity index (χ2n) is 7.79. The van der Waals surface area contributed by atoms with Gasteiger partial charge in [0.25, 0.3) is 5.91 Å². The minimum Gasteiger partial charge on any atom is -0.496 e. The van der Waals surface area contributed by atoms with Crippen molar-refractivity contribution in [1.82, 2.24) is 20.0 Å². The van der Waals surface area contributed by atoms with Crippen LogP contribution in [-0.2, 0) is 4.74 Å². The van der Waals surface area contributed by atoms with Crippen molar-refractivity contribution >= 4 is 40.1 Å². The molecule has 1 aliphatic rings. The normalized spacial score (nSPS) is 16.1. The standard InChI is InChI=1S/C24H24N6O3/c1-32-19-11-5-2-7-15(19)13-27-30-22(25)20(24(31)26-14-16-8-6-12-33-16)21-23(30)29-18-10-4-3-9-17(18)28-21/h2-5,7,9-11,13,16H,6,8,12,14,25H2,1H3,(H,26,31). The van der Waals surface area contributed by atoms with E-state index in [-0.39, 0.29) is 23.4 Å². The zero-order valence-electron chi connectivity index (χ0n) is 18.2. The topological polar surface area (TPSA) is 117 Å². The monoisotopic (exact) mass is 444 g/mol. The summed E-state index contributed by atoms with van der Waals surface area (Å²) in [6, 6.07) is 14.9. The van der Waals surface area contributed by atoms with Crippen LogP contribution in [0.3, 0.4) is 0 Å². The van der Waals surface area contributed by atoms with Crippen molar-refractivity contribution in [3.05, 3.63) is 59.7 Å². The molecule has 1 unspecified atom stereocenters. The van der Waals surface area contributed by atoms with Gasteiger partial charge in [0.2, 0.25) is 0 Å². The number of para-hydroxylation sites is 3. The molecular weight excluding hydrogens is 420 g/mol. The number of hydrogen-bond donors (Lipinski definition) is 2. The Balaban J connectivity index is 1.60. The molecule has 1 saturated heterocycles. The van der Waals surface area contributed by atoms with Crippen molar-refractivity contribution in [2.75, 3.05) is 26.0 Å². The van der Waals surface area contributed by atoms with E-state index in [0.717, 1.165) is 25.0 Å². The predicted octanol–water partition coefficient (Wildman–Crippen LogP) is 2.97. The molecule has 3 N–H and O–H groups in total. The molecule has 3 heterocycles. The third-order valence-corrected chi connectivity index (χ3v) is 5.67. The summed E-state index contributed by atoms with van der Waals surface area (Å²) >= 11 is 0. The number of nitrogens with two attached hydrogens (primary N) is 1. The van der Waals surface area contributed by atoms with Gasteiger partial charge in [0.05, 0.1) is 30.5 Å². The molecule has 0 saturated carbocycles. The molecule has 9 nitrogen and oxygen atoms in total. The summed E-state index contributed by atoms with van der Waals surface area (Å²) in [6.45, 7) is 1.13. The van der Waals surface area contributed by atoms with Gasteiger partial charge in [-0.2, -0.15) is 9.78 Å². The van der Waals surface area contributed by atoms with Crippen LogP contribution < -0.4 is 15.8 Å². The molecule has 2 aromatic carbocycles. The Bertz CT molecular complexity index is 1360. The molecule has 0 bridgehead atoms. The number of hydrogen-bond acceptors (Lipinski definition) is 7. The number of methoxy groups -OCH3 is 1. The first-order valence-electron chi connectivity index (χ1n) is 10.8. The lowest BCUT2D eigenvalue weighted by Crippen LogP contribution is -2.32. The number of nitrogens with zero attached hydrogens (tertiary/aromatic N) is 4. The SMILES string of the molecule is COc1ccccc1C=Nn1c(N)c(C(=O)NCC2CCCO2)c2nc3ccccc3nc21. The molecule has 5 rings (SSSR count). The number of carbonyl (C=O) groups excluding carboxylic acids is 1. The van der Waals surface area contributed by atoms with Gasteiger partial charge in [0, 0.05) is 18.7 Å². The van der Waals surface area contributed by atoms with Gasteiger partial charge in [-0.25, -0.2) is 9.97 Å². The number of nitrogen functional groups attached to an aromatic ring is 1. The number of benzene rings is 2. The molecule has 168 valence electrons. The van der Waals surface area contributed by atoms with Crippen molar-refractivity contribution in [3.63, 3.8) is 0 Å². The molecular formula is C24H24N6O3. The summed E-state index contributed by atoms with van der Waals surface area (Å²) in [5.41, 5.74) is 9.61. The number of ether oxygens (including phenoxy) is 2. The van der Waals surface area contributed by atoms with Crippen molar-refractivity contribution in [1.29, 1.82) is 0 Å². The van der Waals surface area contributed by atoms with Gasteiger partial charge in [-0.05, 0) is 37.1 Å². The minimum atomic E-state index is -0.330. The Hall–Kier alpha value is -3.98. The van der Waals surface area contributed by atoms with Gasteiger partial charge >= 0.3 is 0 Å². The van der Waals surface area contributed by atoms with E-state index in [2.05, 4.69) is 10.4 Å². The van der Waals surface area contributed by atoms with Gasteiger partial charge in [-0.3, -0.25) is 4.79 Å². The van der Waals surface area contributed by atoms with Crippen LogP contribution in [0.15, 0.2) is 53.6 Å². The Morgan fingerprint density at radius 3 is 2.76 bits per heavy atom. The average molecular weight is 444 g/mol. The highest BCUT2D eigenvalue weighted by Gasteiger charge is 2.25. The van der Waals surface area contributed by atoms with Crippen LogP contribution >= 0.6 is 0 Å². The van der Waals surface area contributed by atoms with Crippen LogP contribution in [0.1, 0.15) is 28.8 Å². The summed E-state index contributed by atoms with van der Waals surface area (Å²) < 4.78 is 12.5. The summed E-state index contributed by atoms with van der Waals surface area (Å²) in [7, 11) is 1.60. The molecule has 0 radical (unpaired) electrons. The fourth-order valence-electron chi connectivity index (χ4n) is 3.98. The van der Waals surface area contributed by atoms with Crippen LogP contribution in [0.4, 0.5) is 5.82 Å². The fourth-order valence-corrected chi connectivity index (χ4v) is 3.98. The number of nitrogens with one attached hydrogen (secondary N) is 1. The van der Waals surface area contributed by atoms with Crippen LogP contribution in [-0.4, -0.2) is 53.1 Å². The molecule has 1 aliphatic heterocycles. The van der Waals surface area contributed by atoms with Crippen molar-refractivity contribution in [2.24, 2.45) is 5.10 Å². The summed E-state index contributed by atoms with van der Waals surface area (Å²) in [5, 5.41) is 7.47. The number of amides is 1. The lowest BCUT2D eigenvalue weighted by Gasteiger charge is -2.10. The van der Waals surface area contributed by atoms with E-state index < -0.39 is 0 Å². The molecule has 1 atom stereocenters. The van der Waals surface area contributed by atoms with Gasteiger partial charge in [0.1, 0.15) is 22.6 Å². The second-order valence-corrected chi connectivity index (χ2v) is 7.79. The number of anilines is 1. The molecule has 1 amide bonds. The van der Waals surface area contributed by atoms with E-state index >= 15 is 0 Å². The van der Waals surface area contributed by atoms with Crippen LogP contribution in [0.5, 0.6) is 5.75 Å². The predicted molar refractivity (Wildman–Crippen MR) is 127 cm³/mol. The Kier molecular flexibility index (Phi) is 5.62. The highest BCUT2D eigenvalue weighted by Crippen LogP contribution is 2.28. The maximum Gasteiger partial charge on any atom is 0.257 e. The van der Waals surface area contributed by atoms with E-state index in [1.165, 1.54) is 4.68 Å². The molecule has 9 heteroatoms. The Labute approximate surface area is 190 Å². The third kappa shape index (κ3) is 3.98. The largest absolute Gasteiger partial charge is 0.496 e. The minimum absolute atomic E-state index is 0.0130. The smallest absolute Gasteiger partial charge is 0.257 e. The van der Waals surface area contributed by atoms with Crippen molar-refractivity contribution in [2.45, 2.75) is 18.9 Å². The Morgan fingerprint density at radius 1 is 1.24 bits per heavy atom. The summed E-state index contributed by atoms with van der Waals surface area (Å²) in [4.78, 5) is 22.6. The van der Waals surface area contributed by atoms with E-state index in [9.17, 15) is 4.79 Å². The lowest BCUT2D eigenvalue weighted by atomic mass is 10.2. The zero-order valence-corrected chi connectivity index (χ0v) is 18.2. The van der Waals surface area contributed by atoms with E-state index in [1.54, 1.807) is 13.3 Å². The molecule has 4 aromatic rings. The fraction of sp³-hybridized carbons (Fsp3) is 0.250. The van der Waals surface area contributed by atoms with E-state index in [4.69, 9.17) is 25.2 Å². The maximum absolute atomic E-state index is 13.2. The van der Waals surface area contributed by atoms with Crippen LogP contribution in [0.25, 0.3) is 22.2 Å². The molecule has 33 heavy (non-hydrogen) atoms. The number of aromatic nitrogens is 3. The first kappa shape index (κ1) is 20.9. The highest BCUT2D eigenvalue weighted by atomic mass is 16.5. The van der Waals surface area contributed by atoms with Crippen LogP contribution in [0, 0.1) is 0 Å². The summed E-state index contributed by atoms with van der Waals surface area (Å²) in [6.07, 6.45) is 3.56. The van der Waals surface area contributed by atoms with Gasteiger partial charge in [-0.1, -0.05) is 24.3 Å². The average Bonchev–Trinajstić information content (AvgIpc) is 3.45. The van der Waals surface area contributed by atoms with Gasteiger partial charge in [-0.15, -0.1) is 0 Å². The van der Waals surface area contributed by atoms with E-state index in [0.29, 0.717) is 34.5 Å². The Morgan fingerprint density at radius 2 is 2.00 bits per heavy atom. The number of rotatable bonds is 6. The summed E-state index contributed by atoms with van der Waals surface area (Å²) in [5.74, 6) is 0.502. The molecule has 0 aliphatic carbocycles. The van der Waals surface area contributed by atoms with Crippen molar-refractivity contribution < 1.29 is 14.3 Å². The second kappa shape index (κ2) is 8.87. The molecule has 1 fully saturated rings. The highest BCUT2D eigenvalue weighted by molar-refractivity contribution is 6.10. The van der Waals surface area contributed by atoms with Gasteiger partial charge < -0.3 is 20.5 Å². The number of carbonyl (C=O) groups is 1.